The van der Waals surface area contributed by atoms with Crippen molar-refractivity contribution in [3.63, 3.8) is 0 Å². The molecule has 0 aliphatic heterocycles. The first-order valence-corrected chi connectivity index (χ1v) is 8.31. The lowest BCUT2D eigenvalue weighted by molar-refractivity contribution is 0.0826. The minimum Gasteiger partial charge on any atom is -0.349 e. The van der Waals surface area contributed by atoms with E-state index in [1.165, 1.54) is 25.0 Å². The molecule has 0 radical (unpaired) electrons. The van der Waals surface area contributed by atoms with Gasteiger partial charge in [-0.25, -0.2) is 4.39 Å². The summed E-state index contributed by atoms with van der Waals surface area (Å²) in [6.07, 6.45) is 3.48. The number of amides is 1. The molecular formula is C17H21BrFNO. The predicted molar refractivity (Wildman–Crippen MR) is 84.6 cm³/mol. The number of hydrogen-bond acceptors (Lipinski definition) is 1. The molecule has 2 bridgehead atoms. The largest absolute Gasteiger partial charge is 0.349 e. The Morgan fingerprint density at radius 1 is 1.38 bits per heavy atom. The van der Waals surface area contributed by atoms with Crippen LogP contribution in [0.3, 0.4) is 0 Å². The average Bonchev–Trinajstić information content (AvgIpc) is 2.75. The Morgan fingerprint density at radius 2 is 2.10 bits per heavy atom. The van der Waals surface area contributed by atoms with Gasteiger partial charge >= 0.3 is 0 Å². The second-order valence-electron chi connectivity index (χ2n) is 7.27. The van der Waals surface area contributed by atoms with Crippen LogP contribution in [0.1, 0.15) is 50.4 Å². The van der Waals surface area contributed by atoms with Gasteiger partial charge in [0.05, 0.1) is 4.47 Å². The Bertz CT molecular complexity index is 600. The van der Waals surface area contributed by atoms with E-state index in [1.54, 1.807) is 6.07 Å². The molecule has 2 saturated carbocycles. The summed E-state index contributed by atoms with van der Waals surface area (Å²) in [5.74, 6) is 0.234. The lowest BCUT2D eigenvalue weighted by atomic mass is 9.69. The first-order valence-electron chi connectivity index (χ1n) is 7.51. The first kappa shape index (κ1) is 15.0. The number of carbonyl (C=O) groups is 1. The Balaban J connectivity index is 1.79. The molecule has 2 fully saturated rings. The van der Waals surface area contributed by atoms with Crippen molar-refractivity contribution >= 4 is 21.8 Å². The minimum atomic E-state index is -0.348. The molecule has 2 aliphatic carbocycles. The summed E-state index contributed by atoms with van der Waals surface area (Å²) in [4.78, 5) is 12.4. The van der Waals surface area contributed by atoms with Crippen LogP contribution >= 0.6 is 15.9 Å². The highest BCUT2D eigenvalue weighted by Crippen LogP contribution is 2.65. The SMILES string of the molecule is CC1(C)C2CCC1(C)C(NC(=O)c1ccc(F)c(Br)c1)C2. The predicted octanol–water partition coefficient (Wildman–Crippen LogP) is 4.53. The molecule has 3 atom stereocenters. The van der Waals surface area contributed by atoms with Crippen LogP contribution < -0.4 is 5.32 Å². The monoisotopic (exact) mass is 353 g/mol. The van der Waals surface area contributed by atoms with Crippen molar-refractivity contribution in [3.8, 4) is 0 Å². The third kappa shape index (κ3) is 2.14. The first-order chi connectivity index (χ1) is 9.75. The van der Waals surface area contributed by atoms with E-state index in [-0.39, 0.29) is 28.6 Å². The van der Waals surface area contributed by atoms with Gasteiger partial charge < -0.3 is 5.32 Å². The Morgan fingerprint density at radius 3 is 2.62 bits per heavy atom. The van der Waals surface area contributed by atoms with Gasteiger partial charge in [0.15, 0.2) is 0 Å². The minimum absolute atomic E-state index is 0.106. The van der Waals surface area contributed by atoms with E-state index in [2.05, 4.69) is 42.0 Å². The van der Waals surface area contributed by atoms with Crippen molar-refractivity contribution in [1.29, 1.82) is 0 Å². The molecule has 1 aromatic carbocycles. The van der Waals surface area contributed by atoms with E-state index in [9.17, 15) is 9.18 Å². The highest BCUT2D eigenvalue weighted by molar-refractivity contribution is 9.10. The lowest BCUT2D eigenvalue weighted by Gasteiger charge is -2.39. The molecule has 0 aromatic heterocycles. The van der Waals surface area contributed by atoms with Gasteiger partial charge in [0.2, 0.25) is 0 Å². The molecular weight excluding hydrogens is 333 g/mol. The summed E-state index contributed by atoms with van der Waals surface area (Å²) in [7, 11) is 0. The van der Waals surface area contributed by atoms with Crippen LogP contribution in [0.4, 0.5) is 4.39 Å². The molecule has 0 spiro atoms. The number of rotatable bonds is 2. The van der Waals surface area contributed by atoms with Crippen LogP contribution in [0, 0.1) is 22.6 Å². The van der Waals surface area contributed by atoms with Crippen molar-refractivity contribution in [1.82, 2.24) is 5.32 Å². The Hall–Kier alpha value is -0.900. The molecule has 1 amide bonds. The zero-order valence-electron chi connectivity index (χ0n) is 12.7. The standard InChI is InChI=1S/C17H21BrFNO/c1-16(2)11-6-7-17(16,3)14(9-11)20-15(21)10-4-5-13(19)12(18)8-10/h4-5,8,11,14H,6-7,9H2,1-3H3,(H,20,21). The van der Waals surface area contributed by atoms with Crippen LogP contribution in [0.15, 0.2) is 22.7 Å². The van der Waals surface area contributed by atoms with Gasteiger partial charge in [-0.1, -0.05) is 20.8 Å². The summed E-state index contributed by atoms with van der Waals surface area (Å²) < 4.78 is 13.6. The van der Waals surface area contributed by atoms with Gasteiger partial charge in [0.25, 0.3) is 5.91 Å². The van der Waals surface area contributed by atoms with Gasteiger partial charge in [0, 0.05) is 11.6 Å². The second kappa shape index (κ2) is 4.80. The molecule has 2 aliphatic rings. The van der Waals surface area contributed by atoms with Crippen LogP contribution in [0.25, 0.3) is 0 Å². The van der Waals surface area contributed by atoms with Gasteiger partial charge in [-0.05, 0) is 70.1 Å². The van der Waals surface area contributed by atoms with Gasteiger partial charge in [-0.2, -0.15) is 0 Å². The molecule has 0 saturated heterocycles. The maximum atomic E-state index is 13.3. The summed E-state index contributed by atoms with van der Waals surface area (Å²) in [5.41, 5.74) is 0.936. The zero-order chi connectivity index (χ0) is 15.4. The van der Waals surface area contributed by atoms with Crippen LogP contribution in [0.5, 0.6) is 0 Å². The summed E-state index contributed by atoms with van der Waals surface area (Å²) in [6.45, 7) is 6.95. The summed E-state index contributed by atoms with van der Waals surface area (Å²) >= 11 is 3.13. The van der Waals surface area contributed by atoms with Crippen LogP contribution in [-0.2, 0) is 0 Å². The summed E-state index contributed by atoms with van der Waals surface area (Å²) in [5, 5.41) is 3.19. The zero-order valence-corrected chi connectivity index (χ0v) is 14.3. The van der Waals surface area contributed by atoms with Gasteiger partial charge in [-0.15, -0.1) is 0 Å². The van der Waals surface area contributed by atoms with E-state index < -0.39 is 0 Å². The van der Waals surface area contributed by atoms with Crippen molar-refractivity contribution in [2.24, 2.45) is 16.7 Å². The smallest absolute Gasteiger partial charge is 0.251 e. The van der Waals surface area contributed by atoms with Crippen LogP contribution in [-0.4, -0.2) is 11.9 Å². The number of carbonyl (C=O) groups excluding carboxylic acids is 1. The maximum Gasteiger partial charge on any atom is 0.251 e. The fraction of sp³-hybridized carbons (Fsp3) is 0.588. The number of nitrogens with one attached hydrogen (secondary N) is 1. The van der Waals surface area contributed by atoms with E-state index in [0.717, 1.165) is 6.42 Å². The number of halogens is 2. The molecule has 114 valence electrons. The Kier molecular flexibility index (Phi) is 3.43. The fourth-order valence-electron chi connectivity index (χ4n) is 4.30. The third-order valence-electron chi connectivity index (χ3n) is 6.28. The van der Waals surface area contributed by atoms with E-state index in [0.29, 0.717) is 16.0 Å². The molecule has 3 unspecified atom stereocenters. The van der Waals surface area contributed by atoms with Gasteiger partial charge in [0.1, 0.15) is 5.82 Å². The van der Waals surface area contributed by atoms with Crippen molar-refractivity contribution in [3.05, 3.63) is 34.1 Å². The fourth-order valence-corrected chi connectivity index (χ4v) is 4.68. The summed E-state index contributed by atoms with van der Waals surface area (Å²) in [6, 6.07) is 4.62. The highest BCUT2D eigenvalue weighted by Gasteiger charge is 2.61. The van der Waals surface area contributed by atoms with Crippen LogP contribution in [0.2, 0.25) is 0 Å². The number of hydrogen-bond donors (Lipinski definition) is 1. The molecule has 3 rings (SSSR count). The topological polar surface area (TPSA) is 29.1 Å². The normalized spacial score (nSPS) is 33.2. The molecule has 1 aromatic rings. The molecule has 2 nitrogen and oxygen atoms in total. The third-order valence-corrected chi connectivity index (χ3v) is 6.89. The molecule has 1 N–H and O–H groups in total. The van der Waals surface area contributed by atoms with Crippen molar-refractivity contribution in [2.45, 2.75) is 46.1 Å². The highest BCUT2D eigenvalue weighted by atomic mass is 79.9. The van der Waals surface area contributed by atoms with Gasteiger partial charge in [-0.3, -0.25) is 4.79 Å². The number of fused-ring (bicyclic) bond motifs is 2. The Labute approximate surface area is 133 Å². The second-order valence-corrected chi connectivity index (χ2v) is 8.12. The lowest BCUT2D eigenvalue weighted by Crippen LogP contribution is -2.46. The molecule has 21 heavy (non-hydrogen) atoms. The van der Waals surface area contributed by atoms with Crippen molar-refractivity contribution < 1.29 is 9.18 Å². The number of benzene rings is 1. The molecule has 0 heterocycles. The van der Waals surface area contributed by atoms with E-state index >= 15 is 0 Å². The van der Waals surface area contributed by atoms with E-state index in [4.69, 9.17) is 0 Å². The quantitative estimate of drug-likeness (QED) is 0.831. The maximum absolute atomic E-state index is 13.3. The average molecular weight is 354 g/mol. The van der Waals surface area contributed by atoms with Crippen molar-refractivity contribution in [2.75, 3.05) is 0 Å². The molecule has 4 heteroatoms. The van der Waals surface area contributed by atoms with E-state index in [1.807, 2.05) is 0 Å².